The summed E-state index contributed by atoms with van der Waals surface area (Å²) < 4.78 is 10.4. The van der Waals surface area contributed by atoms with Crippen LogP contribution in [0.3, 0.4) is 0 Å². The molecule has 6 nitrogen and oxygen atoms in total. The molecule has 1 aromatic heterocycles. The molecule has 2 N–H and O–H groups in total. The number of aryl methyl sites for hydroxylation is 1. The van der Waals surface area contributed by atoms with Crippen molar-refractivity contribution in [2.45, 2.75) is 12.8 Å². The summed E-state index contributed by atoms with van der Waals surface area (Å²) in [7, 11) is 3.10. The molecule has 0 spiro atoms. The smallest absolute Gasteiger partial charge is 0.255 e. The van der Waals surface area contributed by atoms with E-state index in [1.54, 1.807) is 38.6 Å². The average molecular weight is 391 g/mol. The van der Waals surface area contributed by atoms with E-state index in [9.17, 15) is 4.79 Å². The molecule has 0 atom stereocenters. The van der Waals surface area contributed by atoms with E-state index in [0.717, 1.165) is 25.2 Å². The van der Waals surface area contributed by atoms with Gasteiger partial charge in [-0.25, -0.2) is 4.98 Å². The highest BCUT2D eigenvalue weighted by atomic mass is 16.5. The number of aromatic nitrogens is 1. The maximum absolute atomic E-state index is 12.5. The second kappa shape index (κ2) is 10.1. The highest BCUT2D eigenvalue weighted by Gasteiger charge is 2.10. The summed E-state index contributed by atoms with van der Waals surface area (Å²) in [6.45, 7) is 0.831. The van der Waals surface area contributed by atoms with E-state index in [1.165, 1.54) is 5.56 Å². The number of anilines is 2. The van der Waals surface area contributed by atoms with Crippen molar-refractivity contribution in [3.05, 3.63) is 78.0 Å². The third kappa shape index (κ3) is 5.97. The molecule has 0 saturated heterocycles. The Morgan fingerprint density at radius 1 is 0.966 bits per heavy atom. The second-order valence-electron chi connectivity index (χ2n) is 6.50. The van der Waals surface area contributed by atoms with Crippen molar-refractivity contribution >= 4 is 17.4 Å². The van der Waals surface area contributed by atoms with Crippen molar-refractivity contribution < 1.29 is 14.3 Å². The van der Waals surface area contributed by atoms with E-state index < -0.39 is 0 Å². The molecule has 150 valence electrons. The fraction of sp³-hybridized carbons (Fsp3) is 0.217. The quantitative estimate of drug-likeness (QED) is 0.529. The molecule has 3 rings (SSSR count). The molecule has 6 heteroatoms. The summed E-state index contributed by atoms with van der Waals surface area (Å²) in [5.74, 6) is 1.64. The van der Waals surface area contributed by atoms with Gasteiger partial charge in [-0.3, -0.25) is 4.79 Å². The van der Waals surface area contributed by atoms with Crippen LogP contribution in [0.5, 0.6) is 11.5 Å². The van der Waals surface area contributed by atoms with Crippen LogP contribution in [0.1, 0.15) is 22.3 Å². The number of methoxy groups -OCH3 is 2. The Balaban J connectivity index is 1.51. The number of rotatable bonds is 9. The lowest BCUT2D eigenvalue weighted by Crippen LogP contribution is -2.12. The zero-order valence-electron chi connectivity index (χ0n) is 16.6. The van der Waals surface area contributed by atoms with Crippen LogP contribution in [0.4, 0.5) is 11.5 Å². The van der Waals surface area contributed by atoms with E-state index in [2.05, 4.69) is 39.9 Å². The topological polar surface area (TPSA) is 72.5 Å². The third-order valence-corrected chi connectivity index (χ3v) is 4.43. The minimum atomic E-state index is -0.257. The van der Waals surface area contributed by atoms with Gasteiger partial charge in [-0.1, -0.05) is 30.3 Å². The maximum atomic E-state index is 12.5. The molecule has 0 radical (unpaired) electrons. The number of carbonyl (C=O) groups is 1. The van der Waals surface area contributed by atoms with Crippen molar-refractivity contribution in [3.8, 4) is 11.5 Å². The van der Waals surface area contributed by atoms with Crippen molar-refractivity contribution in [2.75, 3.05) is 31.4 Å². The molecule has 0 fully saturated rings. The van der Waals surface area contributed by atoms with Gasteiger partial charge in [0.1, 0.15) is 17.3 Å². The van der Waals surface area contributed by atoms with Gasteiger partial charge in [-0.15, -0.1) is 0 Å². The molecular formula is C23H25N3O3. The van der Waals surface area contributed by atoms with Gasteiger partial charge in [-0.2, -0.15) is 0 Å². The number of carbonyl (C=O) groups excluding carboxylic acids is 1. The van der Waals surface area contributed by atoms with E-state index in [0.29, 0.717) is 22.7 Å². The van der Waals surface area contributed by atoms with E-state index in [1.807, 2.05) is 18.2 Å². The molecule has 2 aromatic carbocycles. The monoisotopic (exact) mass is 391 g/mol. The van der Waals surface area contributed by atoms with Gasteiger partial charge in [-0.05, 0) is 42.7 Å². The van der Waals surface area contributed by atoms with Gasteiger partial charge in [0.25, 0.3) is 5.91 Å². The molecule has 3 aromatic rings. The Morgan fingerprint density at radius 2 is 1.69 bits per heavy atom. The molecule has 1 amide bonds. The Hall–Kier alpha value is -3.54. The normalized spacial score (nSPS) is 10.3. The van der Waals surface area contributed by atoms with Gasteiger partial charge in [0.15, 0.2) is 0 Å². The van der Waals surface area contributed by atoms with Crippen LogP contribution in [0.15, 0.2) is 66.9 Å². The Morgan fingerprint density at radius 3 is 2.31 bits per heavy atom. The predicted octanol–water partition coefficient (Wildman–Crippen LogP) is 4.40. The molecular weight excluding hydrogens is 366 g/mol. The van der Waals surface area contributed by atoms with Gasteiger partial charge in [0.2, 0.25) is 0 Å². The van der Waals surface area contributed by atoms with Crippen LogP contribution < -0.4 is 20.1 Å². The third-order valence-electron chi connectivity index (χ3n) is 4.43. The molecule has 0 saturated carbocycles. The number of amides is 1. The standard InChI is InChI=1S/C23H25N3O3/c1-28-20-13-18(14-21(15-20)29-2)23(27)26-19-10-11-22(25-16-19)24-12-6-9-17-7-4-3-5-8-17/h3-5,7-8,10-11,13-16H,6,9,12H2,1-2H3,(H,24,25)(H,26,27). The second-order valence-corrected chi connectivity index (χ2v) is 6.50. The molecule has 0 aliphatic carbocycles. The van der Waals surface area contributed by atoms with Crippen molar-refractivity contribution in [1.82, 2.24) is 4.98 Å². The first-order valence-electron chi connectivity index (χ1n) is 9.46. The number of pyridine rings is 1. The number of ether oxygens (including phenoxy) is 2. The van der Waals surface area contributed by atoms with Crippen molar-refractivity contribution in [2.24, 2.45) is 0 Å². The summed E-state index contributed by atoms with van der Waals surface area (Å²) in [6, 6.07) is 19.1. The van der Waals surface area contributed by atoms with Gasteiger partial charge < -0.3 is 20.1 Å². The summed E-state index contributed by atoms with van der Waals surface area (Å²) >= 11 is 0. The lowest BCUT2D eigenvalue weighted by Gasteiger charge is -2.10. The minimum Gasteiger partial charge on any atom is -0.497 e. The van der Waals surface area contributed by atoms with Crippen molar-refractivity contribution in [3.63, 3.8) is 0 Å². The van der Waals surface area contributed by atoms with Gasteiger partial charge in [0.05, 0.1) is 26.1 Å². The van der Waals surface area contributed by atoms with Crippen molar-refractivity contribution in [1.29, 1.82) is 0 Å². The molecule has 29 heavy (non-hydrogen) atoms. The first-order chi connectivity index (χ1) is 14.2. The van der Waals surface area contributed by atoms with Crippen LogP contribution in [-0.4, -0.2) is 31.7 Å². The fourth-order valence-electron chi connectivity index (χ4n) is 2.87. The predicted molar refractivity (Wildman–Crippen MR) is 115 cm³/mol. The summed E-state index contributed by atoms with van der Waals surface area (Å²) in [5, 5.41) is 6.14. The molecule has 0 aliphatic heterocycles. The fourth-order valence-corrected chi connectivity index (χ4v) is 2.87. The van der Waals surface area contributed by atoms with E-state index in [-0.39, 0.29) is 5.91 Å². The van der Waals surface area contributed by atoms with E-state index in [4.69, 9.17) is 9.47 Å². The maximum Gasteiger partial charge on any atom is 0.255 e. The minimum absolute atomic E-state index is 0.257. The highest BCUT2D eigenvalue weighted by Crippen LogP contribution is 2.23. The number of nitrogens with one attached hydrogen (secondary N) is 2. The van der Waals surface area contributed by atoms with Gasteiger partial charge in [0, 0.05) is 18.2 Å². The van der Waals surface area contributed by atoms with Crippen LogP contribution in [0.2, 0.25) is 0 Å². The highest BCUT2D eigenvalue weighted by molar-refractivity contribution is 6.04. The first-order valence-corrected chi connectivity index (χ1v) is 9.46. The zero-order valence-corrected chi connectivity index (χ0v) is 16.6. The number of hydrogen-bond donors (Lipinski definition) is 2. The largest absolute Gasteiger partial charge is 0.497 e. The SMILES string of the molecule is COc1cc(OC)cc(C(=O)Nc2ccc(NCCCc3ccccc3)nc2)c1. The number of benzene rings is 2. The number of hydrogen-bond acceptors (Lipinski definition) is 5. The lowest BCUT2D eigenvalue weighted by atomic mass is 10.1. The summed E-state index contributed by atoms with van der Waals surface area (Å²) in [5.41, 5.74) is 2.39. The molecule has 0 bridgehead atoms. The molecule has 1 heterocycles. The Labute approximate surface area is 170 Å². The van der Waals surface area contributed by atoms with Crippen LogP contribution in [-0.2, 0) is 6.42 Å². The zero-order chi connectivity index (χ0) is 20.5. The van der Waals surface area contributed by atoms with E-state index >= 15 is 0 Å². The summed E-state index contributed by atoms with van der Waals surface area (Å²) in [6.07, 6.45) is 3.67. The number of nitrogens with zero attached hydrogens (tertiary/aromatic N) is 1. The first kappa shape index (κ1) is 20.2. The Kier molecular flexibility index (Phi) is 7.05. The summed E-state index contributed by atoms with van der Waals surface area (Å²) in [4.78, 5) is 16.9. The lowest BCUT2D eigenvalue weighted by molar-refractivity contribution is 0.102. The van der Waals surface area contributed by atoms with Crippen LogP contribution in [0.25, 0.3) is 0 Å². The molecule has 0 aliphatic rings. The average Bonchev–Trinajstić information content (AvgIpc) is 2.78. The van der Waals surface area contributed by atoms with Crippen LogP contribution in [0, 0.1) is 0 Å². The Bertz CT molecular complexity index is 906. The van der Waals surface area contributed by atoms with Crippen LogP contribution >= 0.6 is 0 Å². The van der Waals surface area contributed by atoms with Gasteiger partial charge >= 0.3 is 0 Å². The molecule has 0 unspecified atom stereocenters.